The number of fused-ring (bicyclic) bond motifs is 2. The summed E-state index contributed by atoms with van der Waals surface area (Å²) < 4.78 is 29.2. The van der Waals surface area contributed by atoms with Crippen LogP contribution in [0.5, 0.6) is 0 Å². The number of urea groups is 1. The molecule has 2 aliphatic carbocycles. The van der Waals surface area contributed by atoms with Crippen molar-refractivity contribution in [3.05, 3.63) is 58.2 Å². The van der Waals surface area contributed by atoms with Crippen LogP contribution in [0.4, 0.5) is 19.3 Å². The van der Waals surface area contributed by atoms with Crippen molar-refractivity contribution in [3.8, 4) is 0 Å². The Morgan fingerprint density at radius 2 is 1.64 bits per heavy atom. The first-order chi connectivity index (χ1) is 12.1. The molecule has 2 aromatic rings. The summed E-state index contributed by atoms with van der Waals surface area (Å²) in [5, 5.41) is 2.98. The zero-order valence-electron chi connectivity index (χ0n) is 13.6. The minimum atomic E-state index is -0.688. The first kappa shape index (κ1) is 16.4. The van der Waals surface area contributed by atoms with Gasteiger partial charge in [-0.05, 0) is 84.9 Å². The Balaban J connectivity index is 1.50. The van der Waals surface area contributed by atoms with Crippen LogP contribution in [0.1, 0.15) is 35.1 Å². The highest BCUT2D eigenvalue weighted by Gasteiger charge is 2.25. The summed E-state index contributed by atoms with van der Waals surface area (Å²) in [5.74, 6) is -1.33. The minimum absolute atomic E-state index is 0.181. The molecule has 0 heterocycles. The second-order valence-electron chi connectivity index (χ2n) is 6.47. The molecular formula is C19H18F2N2OS. The molecule has 0 atom stereocenters. The number of amides is 2. The maximum atomic E-state index is 13.7. The number of nitrogens with one attached hydrogen (secondary N) is 2. The number of hydrogen-bond acceptors (Lipinski definition) is 2. The number of rotatable bonds is 3. The summed E-state index contributed by atoms with van der Waals surface area (Å²) >= 11 is 0.846. The van der Waals surface area contributed by atoms with Crippen LogP contribution in [0.25, 0.3) is 0 Å². The molecule has 130 valence electrons. The number of halogens is 2. The van der Waals surface area contributed by atoms with Gasteiger partial charge < -0.3 is 5.32 Å². The lowest BCUT2D eigenvalue weighted by atomic mass is 9.99. The maximum absolute atomic E-state index is 13.7. The lowest BCUT2D eigenvalue weighted by Crippen LogP contribution is -2.24. The van der Waals surface area contributed by atoms with E-state index in [1.807, 2.05) is 0 Å². The number of benzene rings is 2. The molecule has 0 aliphatic heterocycles. The lowest BCUT2D eigenvalue weighted by Gasteiger charge is -2.16. The Morgan fingerprint density at radius 3 is 2.28 bits per heavy atom. The fraction of sp³-hybridized carbons (Fsp3) is 0.316. The Morgan fingerprint density at radius 1 is 0.960 bits per heavy atom. The van der Waals surface area contributed by atoms with Gasteiger partial charge in [0.15, 0.2) is 0 Å². The molecule has 6 heteroatoms. The van der Waals surface area contributed by atoms with Crippen molar-refractivity contribution in [2.24, 2.45) is 0 Å². The van der Waals surface area contributed by atoms with Crippen molar-refractivity contribution in [1.82, 2.24) is 4.72 Å². The third-order valence-electron chi connectivity index (χ3n) is 4.86. The monoisotopic (exact) mass is 360 g/mol. The average Bonchev–Trinajstić information content (AvgIpc) is 3.22. The summed E-state index contributed by atoms with van der Waals surface area (Å²) in [6.45, 7) is 0. The van der Waals surface area contributed by atoms with Gasteiger partial charge in [0.2, 0.25) is 0 Å². The topological polar surface area (TPSA) is 41.1 Å². The Labute approximate surface area is 149 Å². The molecule has 25 heavy (non-hydrogen) atoms. The van der Waals surface area contributed by atoms with E-state index >= 15 is 0 Å². The Kier molecular flexibility index (Phi) is 4.37. The molecule has 3 nitrogen and oxygen atoms in total. The van der Waals surface area contributed by atoms with Crippen LogP contribution in [0, 0.1) is 11.6 Å². The average molecular weight is 360 g/mol. The third kappa shape index (κ3) is 3.23. The van der Waals surface area contributed by atoms with Crippen LogP contribution in [-0.2, 0) is 25.7 Å². The van der Waals surface area contributed by atoms with Crippen molar-refractivity contribution < 1.29 is 13.6 Å². The van der Waals surface area contributed by atoms with Crippen LogP contribution in [0.15, 0.2) is 29.2 Å². The molecule has 0 aromatic heterocycles. The van der Waals surface area contributed by atoms with E-state index in [-0.39, 0.29) is 10.9 Å². The van der Waals surface area contributed by atoms with Gasteiger partial charge >= 0.3 is 6.03 Å². The normalized spacial score (nSPS) is 15.0. The first-order valence-electron chi connectivity index (χ1n) is 8.47. The van der Waals surface area contributed by atoms with E-state index in [2.05, 4.69) is 16.1 Å². The molecule has 0 unspecified atom stereocenters. The van der Waals surface area contributed by atoms with Gasteiger partial charge in [-0.15, -0.1) is 0 Å². The van der Waals surface area contributed by atoms with Gasteiger partial charge in [-0.25, -0.2) is 13.6 Å². The SMILES string of the molecule is O=C(NSc1ccc(F)cc1F)Nc1c2c(cc3c1CCC3)CCC2. The lowest BCUT2D eigenvalue weighted by molar-refractivity contribution is 0.257. The fourth-order valence-corrected chi connectivity index (χ4v) is 4.31. The summed E-state index contributed by atoms with van der Waals surface area (Å²) in [5.41, 5.74) is 6.11. The summed E-state index contributed by atoms with van der Waals surface area (Å²) in [6, 6.07) is 5.20. The van der Waals surface area contributed by atoms with E-state index in [4.69, 9.17) is 0 Å². The van der Waals surface area contributed by atoms with Gasteiger partial charge in [0, 0.05) is 11.8 Å². The Hall–Kier alpha value is -2.08. The predicted molar refractivity (Wildman–Crippen MR) is 94.9 cm³/mol. The molecule has 0 fully saturated rings. The van der Waals surface area contributed by atoms with Gasteiger partial charge in [0.25, 0.3) is 0 Å². The fourth-order valence-electron chi connectivity index (χ4n) is 3.77. The van der Waals surface area contributed by atoms with Crippen LogP contribution in [-0.4, -0.2) is 6.03 Å². The molecule has 0 spiro atoms. The van der Waals surface area contributed by atoms with Crippen LogP contribution < -0.4 is 10.0 Å². The molecule has 0 radical (unpaired) electrons. The van der Waals surface area contributed by atoms with Crippen molar-refractivity contribution in [2.75, 3.05) is 5.32 Å². The van der Waals surface area contributed by atoms with Gasteiger partial charge in [-0.3, -0.25) is 4.72 Å². The van der Waals surface area contributed by atoms with Gasteiger partial charge in [-0.2, -0.15) is 0 Å². The highest BCUT2D eigenvalue weighted by molar-refractivity contribution is 7.98. The smallest absolute Gasteiger partial charge is 0.307 e. The summed E-state index contributed by atoms with van der Waals surface area (Å²) in [6.07, 6.45) is 6.33. The van der Waals surface area contributed by atoms with Crippen LogP contribution in [0.2, 0.25) is 0 Å². The molecule has 0 saturated carbocycles. The number of carbonyl (C=O) groups excluding carboxylic acids is 1. The largest absolute Gasteiger partial charge is 0.329 e. The van der Waals surface area contributed by atoms with E-state index in [1.165, 1.54) is 34.4 Å². The molecule has 0 saturated heterocycles. The van der Waals surface area contributed by atoms with Gasteiger partial charge in [0.1, 0.15) is 11.6 Å². The van der Waals surface area contributed by atoms with E-state index in [1.54, 1.807) is 0 Å². The zero-order chi connectivity index (χ0) is 17.4. The Bertz CT molecular complexity index is 822. The van der Waals surface area contributed by atoms with Crippen molar-refractivity contribution in [2.45, 2.75) is 43.4 Å². The zero-order valence-corrected chi connectivity index (χ0v) is 14.4. The molecular weight excluding hydrogens is 342 g/mol. The second-order valence-corrected chi connectivity index (χ2v) is 7.32. The number of anilines is 1. The van der Waals surface area contributed by atoms with Crippen LogP contribution in [0.3, 0.4) is 0 Å². The maximum Gasteiger partial charge on any atom is 0.329 e. The number of hydrogen-bond donors (Lipinski definition) is 2. The van der Waals surface area contributed by atoms with Crippen LogP contribution >= 0.6 is 11.9 Å². The summed E-state index contributed by atoms with van der Waals surface area (Å²) in [4.78, 5) is 12.5. The first-order valence-corrected chi connectivity index (χ1v) is 9.29. The molecule has 2 aliphatic rings. The quantitative estimate of drug-likeness (QED) is 0.774. The third-order valence-corrected chi connectivity index (χ3v) is 5.70. The minimum Gasteiger partial charge on any atom is -0.307 e. The van der Waals surface area contributed by atoms with Gasteiger partial charge in [0.05, 0.1) is 4.90 Å². The van der Waals surface area contributed by atoms with Gasteiger partial charge in [-0.1, -0.05) is 6.07 Å². The van der Waals surface area contributed by atoms with Crippen molar-refractivity contribution >= 4 is 23.7 Å². The highest BCUT2D eigenvalue weighted by atomic mass is 32.2. The van der Waals surface area contributed by atoms with Crippen molar-refractivity contribution in [1.29, 1.82) is 0 Å². The van der Waals surface area contributed by atoms with Crippen molar-refractivity contribution in [3.63, 3.8) is 0 Å². The molecule has 0 bridgehead atoms. The molecule has 2 amide bonds. The van der Waals surface area contributed by atoms with E-state index < -0.39 is 11.6 Å². The number of aryl methyl sites for hydroxylation is 2. The molecule has 2 aromatic carbocycles. The number of carbonyl (C=O) groups is 1. The van der Waals surface area contributed by atoms with E-state index in [9.17, 15) is 13.6 Å². The van der Waals surface area contributed by atoms with E-state index in [0.29, 0.717) is 0 Å². The molecule has 4 rings (SSSR count). The standard InChI is InChI=1S/C19H18F2N2OS/c20-13-7-8-17(16(21)10-13)25-23-19(24)22-18-14-5-1-3-11(14)9-12-4-2-6-15(12)18/h7-10H,1-6H2,(H2,22,23,24). The summed E-state index contributed by atoms with van der Waals surface area (Å²) in [7, 11) is 0. The highest BCUT2D eigenvalue weighted by Crippen LogP contribution is 2.38. The predicted octanol–water partition coefficient (Wildman–Crippen LogP) is 4.77. The second kappa shape index (κ2) is 6.67. The molecule has 2 N–H and O–H groups in total. The van der Waals surface area contributed by atoms with E-state index in [0.717, 1.165) is 62.2 Å².